The Hall–Kier alpha value is -1.20. The summed E-state index contributed by atoms with van der Waals surface area (Å²) in [6.45, 7) is 4.09. The second kappa shape index (κ2) is 5.20. The molecule has 0 bridgehead atoms. The number of anilines is 1. The molecule has 1 fully saturated rings. The molecule has 1 saturated carbocycles. The molecule has 2 heterocycles. The van der Waals surface area contributed by atoms with E-state index in [2.05, 4.69) is 33.6 Å². The highest BCUT2D eigenvalue weighted by Crippen LogP contribution is 2.28. The topological polar surface area (TPSA) is 49.8 Å². The van der Waals surface area contributed by atoms with Crippen LogP contribution in [0.2, 0.25) is 0 Å². The molecule has 18 heavy (non-hydrogen) atoms. The van der Waals surface area contributed by atoms with Crippen LogP contribution in [0.15, 0.2) is 12.4 Å². The monoisotopic (exact) mass is 262 g/mol. The zero-order chi connectivity index (χ0) is 12.4. The quantitative estimate of drug-likeness (QED) is 0.785. The minimum atomic E-state index is 0.769. The first-order valence-corrected chi connectivity index (χ1v) is 7.39. The van der Waals surface area contributed by atoms with Gasteiger partial charge in [0.1, 0.15) is 17.0 Å². The molecule has 2 N–H and O–H groups in total. The SMILES string of the molecule is CCc1cc2c(NCCNC3CC3)ncnc2s1. The van der Waals surface area contributed by atoms with E-state index in [-0.39, 0.29) is 0 Å². The fraction of sp³-hybridized carbons (Fsp3) is 0.538. The Morgan fingerprint density at radius 3 is 3.00 bits per heavy atom. The molecular weight excluding hydrogens is 244 g/mol. The Kier molecular flexibility index (Phi) is 3.43. The van der Waals surface area contributed by atoms with E-state index in [0.717, 1.165) is 41.6 Å². The summed E-state index contributed by atoms with van der Waals surface area (Å²) >= 11 is 1.76. The van der Waals surface area contributed by atoms with Gasteiger partial charge in [0.2, 0.25) is 0 Å². The van der Waals surface area contributed by atoms with E-state index in [1.807, 2.05) is 0 Å². The smallest absolute Gasteiger partial charge is 0.138 e. The first-order valence-electron chi connectivity index (χ1n) is 6.57. The van der Waals surface area contributed by atoms with Crippen LogP contribution >= 0.6 is 11.3 Å². The number of rotatable bonds is 6. The van der Waals surface area contributed by atoms with Crippen molar-refractivity contribution in [1.82, 2.24) is 15.3 Å². The Labute approximate surface area is 111 Å². The lowest BCUT2D eigenvalue weighted by molar-refractivity contribution is 0.701. The summed E-state index contributed by atoms with van der Waals surface area (Å²) < 4.78 is 0. The van der Waals surface area contributed by atoms with E-state index in [1.54, 1.807) is 17.7 Å². The van der Waals surface area contributed by atoms with E-state index in [4.69, 9.17) is 0 Å². The van der Waals surface area contributed by atoms with Crippen molar-refractivity contribution in [3.8, 4) is 0 Å². The summed E-state index contributed by atoms with van der Waals surface area (Å²) in [5.74, 6) is 0.966. The van der Waals surface area contributed by atoms with Crippen LogP contribution in [0.5, 0.6) is 0 Å². The molecular formula is C13H18N4S. The average Bonchev–Trinajstić information content (AvgIpc) is 3.11. The second-order valence-electron chi connectivity index (χ2n) is 4.66. The minimum absolute atomic E-state index is 0.769. The lowest BCUT2D eigenvalue weighted by Gasteiger charge is -2.06. The molecule has 0 radical (unpaired) electrons. The van der Waals surface area contributed by atoms with E-state index in [1.165, 1.54) is 17.7 Å². The van der Waals surface area contributed by atoms with Crippen LogP contribution in [0, 0.1) is 0 Å². The molecule has 96 valence electrons. The highest BCUT2D eigenvalue weighted by atomic mass is 32.1. The van der Waals surface area contributed by atoms with Gasteiger partial charge < -0.3 is 10.6 Å². The fourth-order valence-corrected chi connectivity index (χ4v) is 2.90. The van der Waals surface area contributed by atoms with Gasteiger partial charge >= 0.3 is 0 Å². The van der Waals surface area contributed by atoms with Gasteiger partial charge in [-0.25, -0.2) is 9.97 Å². The summed E-state index contributed by atoms with van der Waals surface area (Å²) in [7, 11) is 0. The van der Waals surface area contributed by atoms with Crippen LogP contribution in [-0.4, -0.2) is 29.1 Å². The van der Waals surface area contributed by atoms with E-state index in [9.17, 15) is 0 Å². The Morgan fingerprint density at radius 1 is 1.33 bits per heavy atom. The molecule has 3 rings (SSSR count). The van der Waals surface area contributed by atoms with E-state index in [0.29, 0.717) is 0 Å². The second-order valence-corrected chi connectivity index (χ2v) is 5.78. The largest absolute Gasteiger partial charge is 0.368 e. The highest BCUT2D eigenvalue weighted by molar-refractivity contribution is 7.18. The van der Waals surface area contributed by atoms with Crippen molar-refractivity contribution in [2.75, 3.05) is 18.4 Å². The molecule has 0 spiro atoms. The molecule has 0 unspecified atom stereocenters. The number of aryl methyl sites for hydroxylation is 1. The third kappa shape index (κ3) is 2.62. The molecule has 4 nitrogen and oxygen atoms in total. The summed E-state index contributed by atoms with van der Waals surface area (Å²) in [5.41, 5.74) is 0. The van der Waals surface area contributed by atoms with Gasteiger partial charge in [0.05, 0.1) is 5.39 Å². The molecule has 5 heteroatoms. The molecule has 0 amide bonds. The third-order valence-corrected chi connectivity index (χ3v) is 4.34. The first-order chi connectivity index (χ1) is 8.86. The first kappa shape index (κ1) is 11.9. The third-order valence-electron chi connectivity index (χ3n) is 3.16. The lowest BCUT2D eigenvalue weighted by Crippen LogP contribution is -2.24. The van der Waals surface area contributed by atoms with Gasteiger partial charge in [0, 0.05) is 24.0 Å². The molecule has 0 aliphatic heterocycles. The standard InChI is InChI=1S/C13H18N4S/c1-2-10-7-11-12(16-8-17-13(11)18-10)15-6-5-14-9-3-4-9/h7-9,14H,2-6H2,1H3,(H,15,16,17). The van der Waals surface area contributed by atoms with Gasteiger partial charge in [-0.15, -0.1) is 11.3 Å². The Balaban J connectivity index is 1.67. The molecule has 1 aliphatic carbocycles. The van der Waals surface area contributed by atoms with E-state index < -0.39 is 0 Å². The molecule has 2 aromatic rings. The van der Waals surface area contributed by atoms with Gasteiger partial charge in [0.15, 0.2) is 0 Å². The number of aromatic nitrogens is 2. The average molecular weight is 262 g/mol. The molecule has 1 aliphatic rings. The van der Waals surface area contributed by atoms with Crippen LogP contribution < -0.4 is 10.6 Å². The van der Waals surface area contributed by atoms with Crippen molar-refractivity contribution >= 4 is 27.4 Å². The van der Waals surface area contributed by atoms with Crippen LogP contribution in [0.25, 0.3) is 10.2 Å². The number of nitrogens with one attached hydrogen (secondary N) is 2. The van der Waals surface area contributed by atoms with Crippen LogP contribution in [0.1, 0.15) is 24.6 Å². The van der Waals surface area contributed by atoms with Crippen molar-refractivity contribution in [2.45, 2.75) is 32.2 Å². The van der Waals surface area contributed by atoms with Gasteiger partial charge in [-0.3, -0.25) is 0 Å². The molecule has 0 saturated heterocycles. The number of thiophene rings is 1. The van der Waals surface area contributed by atoms with Gasteiger partial charge in [-0.05, 0) is 25.3 Å². The number of hydrogen-bond donors (Lipinski definition) is 2. The maximum atomic E-state index is 4.34. The maximum absolute atomic E-state index is 4.34. The van der Waals surface area contributed by atoms with Crippen LogP contribution in [-0.2, 0) is 6.42 Å². The highest BCUT2D eigenvalue weighted by Gasteiger charge is 2.19. The predicted molar refractivity (Wildman–Crippen MR) is 76.3 cm³/mol. The van der Waals surface area contributed by atoms with Crippen molar-refractivity contribution in [3.05, 3.63) is 17.3 Å². The zero-order valence-electron chi connectivity index (χ0n) is 10.6. The molecule has 0 aromatic carbocycles. The zero-order valence-corrected chi connectivity index (χ0v) is 11.4. The number of fused-ring (bicyclic) bond motifs is 1. The Bertz CT molecular complexity index is 533. The number of nitrogens with zero attached hydrogens (tertiary/aromatic N) is 2. The van der Waals surface area contributed by atoms with Gasteiger partial charge in [-0.2, -0.15) is 0 Å². The number of hydrogen-bond acceptors (Lipinski definition) is 5. The Morgan fingerprint density at radius 2 is 2.22 bits per heavy atom. The van der Waals surface area contributed by atoms with E-state index >= 15 is 0 Å². The molecule has 0 atom stereocenters. The van der Waals surface area contributed by atoms with Crippen molar-refractivity contribution in [3.63, 3.8) is 0 Å². The van der Waals surface area contributed by atoms with Gasteiger partial charge in [-0.1, -0.05) is 6.92 Å². The minimum Gasteiger partial charge on any atom is -0.368 e. The summed E-state index contributed by atoms with van der Waals surface area (Å²) in [6, 6.07) is 2.97. The predicted octanol–water partition coefficient (Wildman–Crippen LogP) is 2.42. The molecule has 2 aromatic heterocycles. The summed E-state index contributed by atoms with van der Waals surface area (Å²) in [6.07, 6.45) is 5.38. The fourth-order valence-electron chi connectivity index (χ4n) is 1.97. The summed E-state index contributed by atoms with van der Waals surface area (Å²) in [4.78, 5) is 11.1. The van der Waals surface area contributed by atoms with Crippen LogP contribution in [0.4, 0.5) is 5.82 Å². The van der Waals surface area contributed by atoms with Crippen molar-refractivity contribution in [1.29, 1.82) is 0 Å². The maximum Gasteiger partial charge on any atom is 0.138 e. The normalized spacial score (nSPS) is 15.2. The van der Waals surface area contributed by atoms with Crippen LogP contribution in [0.3, 0.4) is 0 Å². The summed E-state index contributed by atoms with van der Waals surface area (Å²) in [5, 5.41) is 8.05. The van der Waals surface area contributed by atoms with Crippen molar-refractivity contribution in [2.24, 2.45) is 0 Å². The van der Waals surface area contributed by atoms with Gasteiger partial charge in [0.25, 0.3) is 0 Å². The van der Waals surface area contributed by atoms with Crippen molar-refractivity contribution < 1.29 is 0 Å². The lowest BCUT2D eigenvalue weighted by atomic mass is 10.3.